The summed E-state index contributed by atoms with van der Waals surface area (Å²) in [5.41, 5.74) is 6.43. The molecular formula is C12H18Cl2N2O2. The van der Waals surface area contributed by atoms with Crippen LogP contribution in [-0.4, -0.2) is 19.6 Å². The maximum Gasteiger partial charge on any atom is 0.255 e. The maximum atomic E-state index is 11.9. The van der Waals surface area contributed by atoms with Crippen molar-refractivity contribution >= 4 is 35.6 Å². The van der Waals surface area contributed by atoms with Gasteiger partial charge >= 0.3 is 0 Å². The van der Waals surface area contributed by atoms with Gasteiger partial charge in [0.05, 0.1) is 23.4 Å². The minimum Gasteiger partial charge on any atom is -0.496 e. The highest BCUT2D eigenvalue weighted by Crippen LogP contribution is 2.28. The van der Waals surface area contributed by atoms with Crippen molar-refractivity contribution < 1.29 is 9.53 Å². The number of carbonyl (C=O) groups is 1. The van der Waals surface area contributed by atoms with Gasteiger partial charge in [-0.3, -0.25) is 4.79 Å². The van der Waals surface area contributed by atoms with Crippen molar-refractivity contribution in [2.45, 2.75) is 13.8 Å². The zero-order valence-electron chi connectivity index (χ0n) is 10.6. The van der Waals surface area contributed by atoms with Crippen molar-refractivity contribution in [1.29, 1.82) is 0 Å². The van der Waals surface area contributed by atoms with E-state index in [4.69, 9.17) is 22.1 Å². The standard InChI is InChI=1S/C12H17ClN2O2.ClH/c1-7(2)6-15-12(16)8-4-9(13)10(14)5-11(8)17-3;/h4-5,7H,6,14H2,1-3H3,(H,15,16);1H. The summed E-state index contributed by atoms with van der Waals surface area (Å²) in [6.07, 6.45) is 0. The molecule has 0 spiro atoms. The first-order valence-corrected chi connectivity index (χ1v) is 5.74. The highest BCUT2D eigenvalue weighted by Gasteiger charge is 2.14. The van der Waals surface area contributed by atoms with Crippen LogP contribution in [0.4, 0.5) is 5.69 Å². The van der Waals surface area contributed by atoms with E-state index < -0.39 is 0 Å². The monoisotopic (exact) mass is 292 g/mol. The van der Waals surface area contributed by atoms with Crippen molar-refractivity contribution in [2.75, 3.05) is 19.4 Å². The van der Waals surface area contributed by atoms with Crippen LogP contribution in [0.15, 0.2) is 12.1 Å². The molecule has 0 aromatic heterocycles. The normalized spacial score (nSPS) is 9.83. The molecule has 1 amide bonds. The first-order chi connectivity index (χ1) is 7.95. The van der Waals surface area contributed by atoms with Crippen molar-refractivity contribution in [1.82, 2.24) is 5.32 Å². The average molecular weight is 293 g/mol. The van der Waals surface area contributed by atoms with E-state index >= 15 is 0 Å². The van der Waals surface area contributed by atoms with Gasteiger partial charge in [-0.05, 0) is 12.0 Å². The van der Waals surface area contributed by atoms with E-state index in [1.807, 2.05) is 13.8 Å². The summed E-state index contributed by atoms with van der Waals surface area (Å²) in [6, 6.07) is 3.07. The lowest BCUT2D eigenvalue weighted by Gasteiger charge is -2.12. The van der Waals surface area contributed by atoms with E-state index in [0.29, 0.717) is 34.5 Å². The van der Waals surface area contributed by atoms with Crippen LogP contribution in [0.5, 0.6) is 5.75 Å². The fourth-order valence-corrected chi connectivity index (χ4v) is 1.47. The van der Waals surface area contributed by atoms with Crippen molar-refractivity contribution in [3.05, 3.63) is 22.7 Å². The molecule has 0 bridgehead atoms. The largest absolute Gasteiger partial charge is 0.496 e. The molecule has 0 saturated heterocycles. The fourth-order valence-electron chi connectivity index (χ4n) is 1.31. The molecule has 0 aliphatic rings. The predicted molar refractivity (Wildman–Crippen MR) is 76.8 cm³/mol. The lowest BCUT2D eigenvalue weighted by molar-refractivity contribution is 0.0946. The topological polar surface area (TPSA) is 64.3 Å². The molecule has 0 atom stereocenters. The summed E-state index contributed by atoms with van der Waals surface area (Å²) in [6.45, 7) is 4.64. The quantitative estimate of drug-likeness (QED) is 0.839. The van der Waals surface area contributed by atoms with E-state index in [-0.39, 0.29) is 18.3 Å². The Morgan fingerprint density at radius 2 is 2.11 bits per heavy atom. The lowest BCUT2D eigenvalue weighted by Crippen LogP contribution is -2.27. The Hall–Kier alpha value is -1.13. The van der Waals surface area contributed by atoms with Gasteiger partial charge in [0, 0.05) is 12.6 Å². The van der Waals surface area contributed by atoms with Gasteiger partial charge in [0.1, 0.15) is 5.75 Å². The lowest BCUT2D eigenvalue weighted by atomic mass is 10.1. The molecule has 102 valence electrons. The SMILES string of the molecule is COc1cc(N)c(Cl)cc1C(=O)NCC(C)C.Cl. The minimum atomic E-state index is -0.211. The second kappa shape index (κ2) is 7.34. The highest BCUT2D eigenvalue weighted by atomic mass is 35.5. The number of amides is 1. The maximum absolute atomic E-state index is 11.9. The first-order valence-electron chi connectivity index (χ1n) is 5.37. The summed E-state index contributed by atoms with van der Waals surface area (Å²) in [7, 11) is 1.49. The molecule has 6 heteroatoms. The van der Waals surface area contributed by atoms with Gasteiger partial charge in [0.2, 0.25) is 0 Å². The van der Waals surface area contributed by atoms with E-state index in [0.717, 1.165) is 0 Å². The Balaban J connectivity index is 0.00000289. The number of hydrogen-bond acceptors (Lipinski definition) is 3. The molecule has 1 aromatic carbocycles. The van der Waals surface area contributed by atoms with Crippen LogP contribution in [0.1, 0.15) is 24.2 Å². The number of hydrogen-bond donors (Lipinski definition) is 2. The number of anilines is 1. The van der Waals surface area contributed by atoms with Gasteiger partial charge in [-0.1, -0.05) is 25.4 Å². The van der Waals surface area contributed by atoms with Crippen molar-refractivity contribution in [3.8, 4) is 5.75 Å². The molecule has 0 unspecified atom stereocenters. The second-order valence-corrected chi connectivity index (χ2v) is 4.59. The highest BCUT2D eigenvalue weighted by molar-refractivity contribution is 6.33. The van der Waals surface area contributed by atoms with Crippen LogP contribution in [0.25, 0.3) is 0 Å². The molecular weight excluding hydrogens is 275 g/mol. The molecule has 1 aromatic rings. The summed E-state index contributed by atoms with van der Waals surface area (Å²) >= 11 is 5.89. The van der Waals surface area contributed by atoms with Gasteiger partial charge in [-0.25, -0.2) is 0 Å². The Kier molecular flexibility index (Phi) is 6.88. The average Bonchev–Trinajstić information content (AvgIpc) is 2.28. The van der Waals surface area contributed by atoms with E-state index in [2.05, 4.69) is 5.32 Å². The Morgan fingerprint density at radius 3 is 2.61 bits per heavy atom. The van der Waals surface area contributed by atoms with Gasteiger partial charge in [0.25, 0.3) is 5.91 Å². The van der Waals surface area contributed by atoms with Crippen LogP contribution in [-0.2, 0) is 0 Å². The van der Waals surface area contributed by atoms with Crippen LogP contribution < -0.4 is 15.8 Å². The van der Waals surface area contributed by atoms with E-state index in [9.17, 15) is 4.79 Å². The Morgan fingerprint density at radius 1 is 1.50 bits per heavy atom. The number of nitrogens with two attached hydrogens (primary N) is 1. The Labute approximate surface area is 118 Å². The predicted octanol–water partition coefficient (Wildman–Crippen LogP) is 2.74. The third-order valence-corrected chi connectivity index (χ3v) is 2.56. The molecule has 0 radical (unpaired) electrons. The van der Waals surface area contributed by atoms with Crippen molar-refractivity contribution in [3.63, 3.8) is 0 Å². The third-order valence-electron chi connectivity index (χ3n) is 2.23. The molecule has 4 nitrogen and oxygen atoms in total. The molecule has 3 N–H and O–H groups in total. The number of halogens is 2. The number of ether oxygens (including phenoxy) is 1. The Bertz CT molecular complexity index is 423. The number of nitrogens with one attached hydrogen (secondary N) is 1. The molecule has 0 aliphatic heterocycles. The summed E-state index contributed by atoms with van der Waals surface area (Å²) < 4.78 is 5.11. The molecule has 0 aliphatic carbocycles. The summed E-state index contributed by atoms with van der Waals surface area (Å²) in [4.78, 5) is 11.9. The van der Waals surface area contributed by atoms with Crippen LogP contribution in [0.3, 0.4) is 0 Å². The number of rotatable bonds is 4. The second-order valence-electron chi connectivity index (χ2n) is 4.18. The number of benzene rings is 1. The molecule has 18 heavy (non-hydrogen) atoms. The van der Waals surface area contributed by atoms with Gasteiger partial charge in [-0.2, -0.15) is 0 Å². The summed E-state index contributed by atoms with van der Waals surface area (Å²) in [5.74, 6) is 0.597. The third kappa shape index (κ3) is 4.27. The smallest absolute Gasteiger partial charge is 0.255 e. The van der Waals surface area contributed by atoms with Gasteiger partial charge in [0.15, 0.2) is 0 Å². The fraction of sp³-hybridized carbons (Fsp3) is 0.417. The number of carbonyl (C=O) groups excluding carboxylic acids is 1. The first kappa shape index (κ1) is 16.9. The van der Waals surface area contributed by atoms with Crippen molar-refractivity contribution in [2.24, 2.45) is 5.92 Å². The van der Waals surface area contributed by atoms with Crippen LogP contribution in [0.2, 0.25) is 5.02 Å². The van der Waals surface area contributed by atoms with Crippen LogP contribution in [0, 0.1) is 5.92 Å². The van der Waals surface area contributed by atoms with E-state index in [1.165, 1.54) is 13.2 Å². The summed E-state index contributed by atoms with van der Waals surface area (Å²) in [5, 5.41) is 3.15. The van der Waals surface area contributed by atoms with Gasteiger partial charge in [-0.15, -0.1) is 12.4 Å². The van der Waals surface area contributed by atoms with E-state index in [1.54, 1.807) is 6.07 Å². The molecule has 0 heterocycles. The number of methoxy groups -OCH3 is 1. The molecule has 0 fully saturated rings. The van der Waals surface area contributed by atoms with Gasteiger partial charge < -0.3 is 15.8 Å². The molecule has 1 rings (SSSR count). The number of nitrogen functional groups attached to an aromatic ring is 1. The molecule has 0 saturated carbocycles. The minimum absolute atomic E-state index is 0. The zero-order chi connectivity index (χ0) is 13.0. The zero-order valence-corrected chi connectivity index (χ0v) is 12.2. The van der Waals surface area contributed by atoms with Crippen LogP contribution >= 0.6 is 24.0 Å².